The molecule has 0 N–H and O–H groups in total. The van der Waals surface area contributed by atoms with Crippen LogP contribution >= 0.6 is 207 Å². The first kappa shape index (κ1) is 27.2. The number of rotatable bonds is 5. The van der Waals surface area contributed by atoms with Crippen molar-refractivity contribution < 1.29 is 0 Å². The van der Waals surface area contributed by atoms with Crippen molar-refractivity contribution in [2.45, 2.75) is 24.7 Å². The van der Waals surface area contributed by atoms with Crippen molar-refractivity contribution in [3.05, 3.63) is 6.92 Å². The van der Waals surface area contributed by atoms with Crippen LogP contribution in [0.4, 0.5) is 0 Å². The van der Waals surface area contributed by atoms with Crippen LogP contribution in [0.1, 0.15) is 6.42 Å². The first-order chi connectivity index (χ1) is 8.81. The van der Waals surface area contributed by atoms with Gasteiger partial charge in [0, 0.05) is 0 Å². The van der Waals surface area contributed by atoms with Crippen LogP contribution in [0.3, 0.4) is 0 Å². The van der Waals surface area contributed by atoms with Crippen LogP contribution in [0.2, 0.25) is 0 Å². The van der Waals surface area contributed by atoms with Crippen LogP contribution in [0.5, 0.6) is 0 Å². The van der Waals surface area contributed by atoms with Gasteiger partial charge in [-0.25, -0.2) is 0 Å². The van der Waals surface area contributed by atoms with Crippen LogP contribution in [0.15, 0.2) is 0 Å². The molecule has 0 amide bonds. The van der Waals surface area contributed by atoms with Crippen LogP contribution in [0, 0.1) is 6.92 Å². The molecule has 0 unspecified atom stereocenters. The summed E-state index contributed by atoms with van der Waals surface area (Å²) in [5.41, 5.74) is 0. The molecule has 0 atom stereocenters. The average molecular weight is 1140 g/mol. The number of halogens is 13. The second-order valence-corrected chi connectivity index (χ2v) is 28.1. The summed E-state index contributed by atoms with van der Waals surface area (Å²) in [6.07, 6.45) is 0.540. The molecule has 0 aliphatic heterocycles. The Bertz CT molecular complexity index is 376. The van der Waals surface area contributed by atoms with E-state index in [0.29, 0.717) is 6.42 Å². The Balaban J connectivity index is 6.14. The third kappa shape index (κ3) is 5.24. The van der Waals surface area contributed by atoms with Crippen molar-refractivity contribution in [2.75, 3.05) is 0 Å². The van der Waals surface area contributed by atoms with Crippen molar-refractivity contribution >= 4 is 207 Å². The van der Waals surface area contributed by atoms with Crippen molar-refractivity contribution in [2.24, 2.45) is 0 Å². The highest BCUT2D eigenvalue weighted by atomic mass is 80.0. The smallest absolute Gasteiger partial charge is 0.0701 e. The van der Waals surface area contributed by atoms with E-state index in [1.807, 2.05) is 0 Å². The molecule has 0 spiro atoms. The molecule has 1 radical (unpaired) electrons. The highest BCUT2D eigenvalue weighted by Crippen LogP contribution is 2.74. The summed E-state index contributed by atoms with van der Waals surface area (Å²) in [6.45, 7) is 3.95. The molecule has 0 aliphatic carbocycles. The zero-order valence-electron chi connectivity index (χ0n) is 9.33. The van der Waals surface area contributed by atoms with E-state index >= 15 is 0 Å². The Kier molecular flexibility index (Phi) is 11.6. The molecule has 127 valence electrons. The summed E-state index contributed by atoms with van der Waals surface area (Å²) in [4.78, 5) is 0. The summed E-state index contributed by atoms with van der Waals surface area (Å²) in [5.74, 6) is 0. The van der Waals surface area contributed by atoms with Crippen molar-refractivity contribution in [1.29, 1.82) is 0 Å². The van der Waals surface area contributed by atoms with E-state index in [2.05, 4.69) is 214 Å². The van der Waals surface area contributed by atoms with Gasteiger partial charge in [0.2, 0.25) is 0 Å². The number of alkyl halides is 13. The van der Waals surface area contributed by atoms with Crippen LogP contribution in [-0.4, -0.2) is 18.3 Å². The van der Waals surface area contributed by atoms with E-state index in [4.69, 9.17) is 0 Å². The second-order valence-electron chi connectivity index (χ2n) is 3.75. The predicted molar refractivity (Wildman–Crippen MR) is 142 cm³/mol. The SMILES string of the molecule is [CH2]CC(Br)(Br)C(Br)(Br)C(Br)(Br)C(Br)(Br)C(Br)(Br)C(Br)(Br)Br. The molecular weight excluding hydrogens is 1130 g/mol. The number of hydrogen-bond donors (Lipinski definition) is 0. The molecule has 0 saturated heterocycles. The quantitative estimate of drug-likeness (QED) is 0.241. The molecule has 0 nitrogen and oxygen atoms in total. The molecule has 0 bridgehead atoms. The van der Waals surface area contributed by atoms with Gasteiger partial charge in [0.05, 0.1) is 0 Å². The summed E-state index contributed by atoms with van der Waals surface area (Å²) in [7, 11) is 0. The lowest BCUT2D eigenvalue weighted by Crippen LogP contribution is -2.63. The van der Waals surface area contributed by atoms with Crippen LogP contribution in [0.25, 0.3) is 0 Å². The van der Waals surface area contributed by atoms with Crippen LogP contribution < -0.4 is 0 Å². The van der Waals surface area contributed by atoms with Gasteiger partial charge in [-0.1, -0.05) is 214 Å². The molecule has 0 aliphatic rings. The average Bonchev–Trinajstić information content (AvgIpc) is 2.26. The van der Waals surface area contributed by atoms with Crippen molar-refractivity contribution in [3.63, 3.8) is 0 Å². The Morgan fingerprint density at radius 1 is 0.476 bits per heavy atom. The van der Waals surface area contributed by atoms with Gasteiger partial charge in [-0.15, -0.1) is 0 Å². The molecule has 0 rings (SSSR count). The van der Waals surface area contributed by atoms with Gasteiger partial charge in [0.15, 0.2) is 2.14 Å². The largest absolute Gasteiger partial charge is 0.162 e. The Morgan fingerprint density at radius 2 is 0.762 bits per heavy atom. The lowest BCUT2D eigenvalue weighted by molar-refractivity contribution is 0.621. The maximum absolute atomic E-state index is 3.95. The fourth-order valence-electron chi connectivity index (χ4n) is 0.959. The van der Waals surface area contributed by atoms with Gasteiger partial charge in [0.1, 0.15) is 16.2 Å². The van der Waals surface area contributed by atoms with E-state index in [1.54, 1.807) is 0 Å². The molecule has 0 heterocycles. The second kappa shape index (κ2) is 8.94. The van der Waals surface area contributed by atoms with Crippen LogP contribution in [-0.2, 0) is 0 Å². The molecule has 21 heavy (non-hydrogen) atoms. The van der Waals surface area contributed by atoms with Gasteiger partial charge in [-0.05, 0) is 6.42 Å². The predicted octanol–water partition coefficient (Wildman–Crippen LogP) is 10.5. The lowest BCUT2D eigenvalue weighted by atomic mass is 10.1. The molecule has 0 aromatic rings. The third-order valence-corrected chi connectivity index (χ3v) is 27.5. The fourth-order valence-corrected chi connectivity index (χ4v) is 11.3. The van der Waals surface area contributed by atoms with Gasteiger partial charge in [0.25, 0.3) is 0 Å². The lowest BCUT2D eigenvalue weighted by Gasteiger charge is -2.54. The van der Waals surface area contributed by atoms with Gasteiger partial charge < -0.3 is 0 Å². The zero-order chi connectivity index (χ0) is 17.7. The maximum Gasteiger partial charge on any atom is 0.162 e. The van der Waals surface area contributed by atoms with Gasteiger partial charge in [-0.3, -0.25) is 0 Å². The standard InChI is InChI=1S/C8H4Br13/c1-2-3(9,10)4(11,12)5(13,14)6(15,16)7(17,18)8(19,20)21/h1-2H2. The van der Waals surface area contributed by atoms with E-state index in [1.165, 1.54) is 0 Å². The minimum Gasteiger partial charge on any atom is -0.0701 e. The van der Waals surface area contributed by atoms with E-state index < -0.39 is 18.3 Å². The Hall–Kier alpha value is 6.24. The Morgan fingerprint density at radius 3 is 1.00 bits per heavy atom. The normalized spacial score (nSPS) is 16.3. The molecule has 0 fully saturated rings. The highest BCUT2D eigenvalue weighted by Gasteiger charge is 2.72. The first-order valence-corrected chi connectivity index (χ1v) is 14.9. The molecule has 13 heteroatoms. The molecule has 0 saturated carbocycles. The monoisotopic (exact) mass is 1130 g/mol. The summed E-state index contributed by atoms with van der Waals surface area (Å²) in [6, 6.07) is 0. The fraction of sp³-hybridized carbons (Fsp3) is 0.875. The summed E-state index contributed by atoms with van der Waals surface area (Å²) < 4.78 is -4.39. The molecular formula is C8H4Br13. The summed E-state index contributed by atoms with van der Waals surface area (Å²) in [5, 5.41) is 0. The highest BCUT2D eigenvalue weighted by molar-refractivity contribution is 9.42. The van der Waals surface area contributed by atoms with Gasteiger partial charge in [-0.2, -0.15) is 0 Å². The zero-order valence-corrected chi connectivity index (χ0v) is 29.9. The first-order valence-electron chi connectivity index (χ1n) is 4.56. The minimum atomic E-state index is -0.814. The van der Waals surface area contributed by atoms with E-state index in [9.17, 15) is 0 Å². The van der Waals surface area contributed by atoms with Gasteiger partial charge >= 0.3 is 0 Å². The van der Waals surface area contributed by atoms with E-state index in [-0.39, 0.29) is 0 Å². The Labute approximate surface area is 234 Å². The third-order valence-electron chi connectivity index (χ3n) is 2.31. The molecule has 0 aromatic carbocycles. The topological polar surface area (TPSA) is 0 Å². The van der Waals surface area contributed by atoms with E-state index in [0.717, 1.165) is 0 Å². The van der Waals surface area contributed by atoms with Crippen molar-refractivity contribution in [1.82, 2.24) is 0 Å². The number of hydrogen-bond acceptors (Lipinski definition) is 0. The minimum absolute atomic E-state index is 0.540. The van der Waals surface area contributed by atoms with Crippen molar-refractivity contribution in [3.8, 4) is 0 Å². The summed E-state index contributed by atoms with van der Waals surface area (Å²) >= 11 is 47.6. The molecule has 0 aromatic heterocycles. The maximum atomic E-state index is 3.95.